The smallest absolute Gasteiger partial charge is 0.240 e. The third-order valence-electron chi connectivity index (χ3n) is 1.71. The minimum atomic E-state index is 0.576. The molecule has 12 heavy (non-hydrogen) atoms. The number of nitrogens with one attached hydrogen (secondary N) is 1. The number of hydrogen-bond donors (Lipinski definition) is 1. The van der Waals surface area contributed by atoms with E-state index >= 15 is 0 Å². The minimum Gasteiger partial charge on any atom is -0.480 e. The summed E-state index contributed by atoms with van der Waals surface area (Å²) in [6.45, 7) is 0. The Balaban J connectivity index is 2.80. The van der Waals surface area contributed by atoms with Crippen LogP contribution in [0.4, 0.5) is 0 Å². The molecule has 0 saturated carbocycles. The molecule has 0 aliphatic carbocycles. The van der Waals surface area contributed by atoms with Crippen molar-refractivity contribution in [2.45, 2.75) is 0 Å². The highest BCUT2D eigenvalue weighted by Crippen LogP contribution is 2.27. The topological polar surface area (TPSA) is 37.9 Å². The summed E-state index contributed by atoms with van der Waals surface area (Å²) in [6, 6.07) is 5.58. The number of halogens is 1. The third-order valence-corrected chi connectivity index (χ3v) is 2.02. The summed E-state index contributed by atoms with van der Waals surface area (Å²) in [5.41, 5.74) is 0.816. The molecule has 0 fully saturated rings. The summed E-state index contributed by atoms with van der Waals surface area (Å²) in [6.07, 6.45) is 0. The molecule has 0 spiro atoms. The summed E-state index contributed by atoms with van der Waals surface area (Å²) in [5.74, 6) is 0.576. The van der Waals surface area contributed by atoms with E-state index in [9.17, 15) is 0 Å². The van der Waals surface area contributed by atoms with Crippen LogP contribution in [0.15, 0.2) is 18.2 Å². The van der Waals surface area contributed by atoms with E-state index in [1.165, 1.54) is 0 Å². The van der Waals surface area contributed by atoms with Gasteiger partial charge in [-0.1, -0.05) is 17.7 Å². The van der Waals surface area contributed by atoms with Crippen LogP contribution in [-0.2, 0) is 0 Å². The van der Waals surface area contributed by atoms with Crippen molar-refractivity contribution in [3.63, 3.8) is 0 Å². The van der Waals surface area contributed by atoms with Crippen molar-refractivity contribution in [1.29, 1.82) is 0 Å². The van der Waals surface area contributed by atoms with Crippen LogP contribution in [0.3, 0.4) is 0 Å². The summed E-state index contributed by atoms with van der Waals surface area (Å²) in [7, 11) is 1.58. The molecule has 2 rings (SSSR count). The Kier molecular flexibility index (Phi) is 1.66. The second kappa shape index (κ2) is 2.68. The number of hydrogen-bond acceptors (Lipinski definition) is 2. The van der Waals surface area contributed by atoms with Gasteiger partial charge in [-0.2, -0.15) is 0 Å². The van der Waals surface area contributed by atoms with Crippen molar-refractivity contribution in [2.24, 2.45) is 0 Å². The molecule has 62 valence electrons. The van der Waals surface area contributed by atoms with Crippen LogP contribution in [0.5, 0.6) is 5.88 Å². The summed E-state index contributed by atoms with van der Waals surface area (Å²) < 4.78 is 5.02. The van der Waals surface area contributed by atoms with Gasteiger partial charge >= 0.3 is 0 Å². The van der Waals surface area contributed by atoms with Crippen LogP contribution in [0.1, 0.15) is 0 Å². The zero-order chi connectivity index (χ0) is 8.55. The van der Waals surface area contributed by atoms with Crippen LogP contribution in [0.25, 0.3) is 10.9 Å². The summed E-state index contributed by atoms with van der Waals surface area (Å²) in [5, 5.41) is 8.31. The van der Waals surface area contributed by atoms with E-state index in [0.717, 1.165) is 10.9 Å². The van der Waals surface area contributed by atoms with Gasteiger partial charge in [0.15, 0.2) is 0 Å². The van der Waals surface area contributed by atoms with E-state index in [-0.39, 0.29) is 0 Å². The van der Waals surface area contributed by atoms with Crippen molar-refractivity contribution in [3.8, 4) is 5.88 Å². The Labute approximate surface area is 74.3 Å². The molecule has 0 unspecified atom stereocenters. The van der Waals surface area contributed by atoms with Crippen LogP contribution in [0, 0.1) is 0 Å². The minimum absolute atomic E-state index is 0.576. The Morgan fingerprint density at radius 2 is 2.33 bits per heavy atom. The molecule has 1 N–H and O–H groups in total. The van der Waals surface area contributed by atoms with Gasteiger partial charge in [-0.05, 0) is 12.1 Å². The first-order valence-electron chi connectivity index (χ1n) is 3.49. The van der Waals surface area contributed by atoms with E-state index in [0.29, 0.717) is 10.9 Å². The summed E-state index contributed by atoms with van der Waals surface area (Å²) >= 11 is 5.90. The number of rotatable bonds is 1. The average Bonchev–Trinajstić information content (AvgIpc) is 2.49. The van der Waals surface area contributed by atoms with Gasteiger partial charge in [-0.15, -0.1) is 5.10 Å². The molecule has 1 aromatic carbocycles. The van der Waals surface area contributed by atoms with Crippen molar-refractivity contribution in [3.05, 3.63) is 23.2 Å². The predicted molar refractivity (Wildman–Crippen MR) is 47.7 cm³/mol. The van der Waals surface area contributed by atoms with Gasteiger partial charge in [0.05, 0.1) is 23.0 Å². The Bertz CT molecular complexity index is 410. The molecule has 0 aliphatic heterocycles. The molecule has 2 aromatic rings. The fourth-order valence-electron chi connectivity index (χ4n) is 1.14. The van der Waals surface area contributed by atoms with Crippen molar-refractivity contribution in [2.75, 3.05) is 7.11 Å². The van der Waals surface area contributed by atoms with Crippen LogP contribution in [0.2, 0.25) is 5.02 Å². The van der Waals surface area contributed by atoms with E-state index in [2.05, 4.69) is 10.2 Å². The number of methoxy groups -OCH3 is 1. The van der Waals surface area contributed by atoms with Gasteiger partial charge < -0.3 is 4.74 Å². The maximum absolute atomic E-state index is 5.90. The molecular weight excluding hydrogens is 176 g/mol. The van der Waals surface area contributed by atoms with Gasteiger partial charge in [0, 0.05) is 0 Å². The van der Waals surface area contributed by atoms with E-state index in [1.54, 1.807) is 7.11 Å². The first-order valence-corrected chi connectivity index (χ1v) is 3.87. The zero-order valence-electron chi connectivity index (χ0n) is 6.47. The number of para-hydroxylation sites is 1. The van der Waals surface area contributed by atoms with E-state index in [4.69, 9.17) is 16.3 Å². The lowest BCUT2D eigenvalue weighted by Crippen LogP contribution is -1.81. The van der Waals surface area contributed by atoms with Gasteiger partial charge in [0.2, 0.25) is 5.88 Å². The van der Waals surface area contributed by atoms with Gasteiger partial charge in [0.25, 0.3) is 0 Å². The van der Waals surface area contributed by atoms with Gasteiger partial charge in [-0.3, -0.25) is 5.10 Å². The number of benzene rings is 1. The van der Waals surface area contributed by atoms with Crippen LogP contribution in [-0.4, -0.2) is 17.3 Å². The second-order valence-electron chi connectivity index (χ2n) is 2.40. The largest absolute Gasteiger partial charge is 0.480 e. The average molecular weight is 183 g/mol. The first-order chi connectivity index (χ1) is 5.83. The van der Waals surface area contributed by atoms with Crippen LogP contribution >= 0.6 is 11.6 Å². The molecule has 4 heteroatoms. The highest BCUT2D eigenvalue weighted by Gasteiger charge is 2.06. The van der Waals surface area contributed by atoms with Gasteiger partial charge in [-0.25, -0.2) is 0 Å². The monoisotopic (exact) mass is 182 g/mol. The van der Waals surface area contributed by atoms with Gasteiger partial charge in [0.1, 0.15) is 0 Å². The predicted octanol–water partition coefficient (Wildman–Crippen LogP) is 2.22. The third kappa shape index (κ3) is 0.940. The lowest BCUT2D eigenvalue weighted by atomic mass is 10.2. The molecule has 1 heterocycles. The molecule has 0 saturated heterocycles. The Hall–Kier alpha value is -1.22. The van der Waals surface area contributed by atoms with E-state index in [1.807, 2.05) is 18.2 Å². The maximum Gasteiger partial charge on any atom is 0.240 e. The molecule has 0 radical (unpaired) electrons. The molecule has 0 amide bonds. The van der Waals surface area contributed by atoms with Crippen molar-refractivity contribution >= 4 is 22.5 Å². The highest BCUT2D eigenvalue weighted by molar-refractivity contribution is 6.35. The van der Waals surface area contributed by atoms with E-state index < -0.39 is 0 Å². The first kappa shape index (κ1) is 7.43. The lowest BCUT2D eigenvalue weighted by molar-refractivity contribution is 0.401. The zero-order valence-corrected chi connectivity index (χ0v) is 7.22. The number of aromatic amines is 1. The summed E-state index contributed by atoms with van der Waals surface area (Å²) in [4.78, 5) is 0. The SMILES string of the molecule is COc1n[nH]c2c(Cl)cccc12. The normalized spacial score (nSPS) is 10.5. The second-order valence-corrected chi connectivity index (χ2v) is 2.80. The Morgan fingerprint density at radius 3 is 3.08 bits per heavy atom. The molecule has 3 nitrogen and oxygen atoms in total. The molecule has 0 atom stereocenters. The molecular formula is C8H7ClN2O. The number of H-pyrrole nitrogens is 1. The Morgan fingerprint density at radius 1 is 1.50 bits per heavy atom. The fraction of sp³-hybridized carbons (Fsp3) is 0.125. The molecule has 0 aliphatic rings. The lowest BCUT2D eigenvalue weighted by Gasteiger charge is -1.93. The number of fused-ring (bicyclic) bond motifs is 1. The highest BCUT2D eigenvalue weighted by atomic mass is 35.5. The van der Waals surface area contributed by atoms with Crippen molar-refractivity contribution < 1.29 is 4.74 Å². The van der Waals surface area contributed by atoms with Crippen molar-refractivity contribution in [1.82, 2.24) is 10.2 Å². The maximum atomic E-state index is 5.90. The quantitative estimate of drug-likeness (QED) is 0.735. The number of ether oxygens (including phenoxy) is 1. The standard InChI is InChI=1S/C8H7ClN2O/c1-12-8-5-3-2-4-6(9)7(5)10-11-8/h2-4H,1H3,(H,10,11). The number of nitrogens with zero attached hydrogens (tertiary/aromatic N) is 1. The molecule has 1 aromatic heterocycles. The van der Waals surface area contributed by atoms with Crippen LogP contribution < -0.4 is 4.74 Å². The fourth-order valence-corrected chi connectivity index (χ4v) is 1.36. The molecule has 0 bridgehead atoms. The number of aromatic nitrogens is 2.